The average Bonchev–Trinajstić information content (AvgIpc) is 3.44. The van der Waals surface area contributed by atoms with Gasteiger partial charge in [-0.1, -0.05) is 0 Å². The third kappa shape index (κ3) is 3.31. The Balaban J connectivity index is 1.08. The molecule has 0 radical (unpaired) electrons. The SMILES string of the molecule is O=C1COc2ccc(NC[C@H]3CC[C@H](C4=C5c6cc[nH]c6N=CN5NN4)CC3)cc2N1. The van der Waals surface area contributed by atoms with E-state index in [9.17, 15) is 4.79 Å². The lowest BCUT2D eigenvalue weighted by Crippen LogP contribution is -2.38. The quantitative estimate of drug-likeness (QED) is 0.522. The van der Waals surface area contributed by atoms with Crippen LogP contribution in [0.15, 0.2) is 41.2 Å². The first-order chi connectivity index (χ1) is 15.2. The number of allylic oxidation sites excluding steroid dienone is 1. The predicted molar refractivity (Wildman–Crippen MR) is 118 cm³/mol. The molecule has 6 rings (SSSR count). The highest BCUT2D eigenvalue weighted by Gasteiger charge is 2.34. The van der Waals surface area contributed by atoms with E-state index >= 15 is 0 Å². The Bertz CT molecular complexity index is 1080. The molecule has 0 unspecified atom stereocenters. The number of aromatic nitrogens is 1. The number of ether oxygens (including phenoxy) is 1. The summed E-state index contributed by atoms with van der Waals surface area (Å²) in [6, 6.07) is 7.96. The number of fused-ring (bicyclic) bond motifs is 4. The van der Waals surface area contributed by atoms with Crippen LogP contribution in [-0.4, -0.2) is 35.4 Å². The molecular formula is C22H25N7O2. The standard InChI is InChI=1S/C22H25N7O2/c30-19-11-31-18-6-5-15(9-17(18)26-19)24-10-13-1-3-14(4-2-13)20-21-16-7-8-23-22(16)25-12-29(21)28-27-20/h5-9,12-14,23-24,27-28H,1-4,10-11H2,(H,26,30)/t13-,14-. The fourth-order valence-corrected chi connectivity index (χ4v) is 4.91. The van der Waals surface area contributed by atoms with Crippen LogP contribution in [0, 0.1) is 11.8 Å². The smallest absolute Gasteiger partial charge is 0.262 e. The van der Waals surface area contributed by atoms with Gasteiger partial charge in [-0.25, -0.2) is 10.0 Å². The van der Waals surface area contributed by atoms with Crippen molar-refractivity contribution >= 4 is 35.1 Å². The monoisotopic (exact) mass is 419 g/mol. The number of carbonyl (C=O) groups excluding carboxylic acids is 1. The molecule has 0 bridgehead atoms. The number of rotatable bonds is 4. The Morgan fingerprint density at radius 3 is 3.00 bits per heavy atom. The van der Waals surface area contributed by atoms with E-state index in [2.05, 4.69) is 37.6 Å². The molecular weight excluding hydrogens is 394 g/mol. The molecule has 31 heavy (non-hydrogen) atoms. The van der Waals surface area contributed by atoms with Crippen molar-refractivity contribution in [3.63, 3.8) is 0 Å². The first-order valence-corrected chi connectivity index (χ1v) is 10.8. The molecule has 3 aliphatic heterocycles. The lowest BCUT2D eigenvalue weighted by atomic mass is 9.79. The molecule has 9 heteroatoms. The van der Waals surface area contributed by atoms with E-state index in [1.807, 2.05) is 35.7 Å². The summed E-state index contributed by atoms with van der Waals surface area (Å²) in [6.07, 6.45) is 8.41. The zero-order valence-electron chi connectivity index (χ0n) is 17.1. The van der Waals surface area contributed by atoms with Crippen molar-refractivity contribution in [2.75, 3.05) is 23.8 Å². The second kappa shape index (κ2) is 7.35. The molecule has 1 saturated carbocycles. The van der Waals surface area contributed by atoms with E-state index in [4.69, 9.17) is 4.74 Å². The van der Waals surface area contributed by atoms with Gasteiger partial charge in [0.1, 0.15) is 17.9 Å². The van der Waals surface area contributed by atoms with Crippen LogP contribution in [0.4, 0.5) is 17.2 Å². The molecule has 4 heterocycles. The average molecular weight is 419 g/mol. The minimum atomic E-state index is -0.108. The summed E-state index contributed by atoms with van der Waals surface area (Å²) < 4.78 is 5.43. The normalized spacial score (nSPS) is 24.0. The van der Waals surface area contributed by atoms with Crippen LogP contribution < -0.4 is 26.3 Å². The van der Waals surface area contributed by atoms with E-state index in [-0.39, 0.29) is 12.5 Å². The number of hydrazine groups is 2. The molecule has 0 spiro atoms. The summed E-state index contributed by atoms with van der Waals surface area (Å²) >= 11 is 0. The highest BCUT2D eigenvalue weighted by molar-refractivity contribution is 5.96. The maximum absolute atomic E-state index is 11.5. The molecule has 1 aliphatic carbocycles. The molecule has 160 valence electrons. The van der Waals surface area contributed by atoms with Crippen LogP contribution in [0.5, 0.6) is 5.75 Å². The highest BCUT2D eigenvalue weighted by Crippen LogP contribution is 2.41. The molecule has 0 saturated heterocycles. The van der Waals surface area contributed by atoms with Gasteiger partial charge in [0, 0.05) is 29.9 Å². The number of nitrogens with zero attached hydrogens (tertiary/aromatic N) is 2. The fraction of sp³-hybridized carbons (Fsp3) is 0.364. The summed E-state index contributed by atoms with van der Waals surface area (Å²) in [5.74, 6) is 2.67. The van der Waals surface area contributed by atoms with Gasteiger partial charge in [-0.15, -0.1) is 5.53 Å². The molecule has 1 aromatic heterocycles. The van der Waals surface area contributed by atoms with Gasteiger partial charge in [0.05, 0.1) is 17.1 Å². The van der Waals surface area contributed by atoms with Crippen LogP contribution in [0.1, 0.15) is 31.2 Å². The maximum Gasteiger partial charge on any atom is 0.262 e. The summed E-state index contributed by atoms with van der Waals surface area (Å²) in [5.41, 5.74) is 12.0. The first kappa shape index (κ1) is 18.3. The third-order valence-corrected chi connectivity index (χ3v) is 6.55. The topological polar surface area (TPSA) is 106 Å². The van der Waals surface area contributed by atoms with Gasteiger partial charge in [-0.3, -0.25) is 4.79 Å². The van der Waals surface area contributed by atoms with Crippen molar-refractivity contribution < 1.29 is 9.53 Å². The molecule has 4 aliphatic rings. The van der Waals surface area contributed by atoms with E-state index in [0.717, 1.165) is 47.9 Å². The van der Waals surface area contributed by atoms with Gasteiger partial charge in [-0.05, 0) is 55.9 Å². The van der Waals surface area contributed by atoms with E-state index in [1.165, 1.54) is 24.2 Å². The number of benzene rings is 1. The number of carbonyl (C=O) groups is 1. The van der Waals surface area contributed by atoms with Gasteiger partial charge in [-0.2, -0.15) is 0 Å². The van der Waals surface area contributed by atoms with E-state index < -0.39 is 0 Å². The minimum absolute atomic E-state index is 0.0848. The van der Waals surface area contributed by atoms with Crippen LogP contribution in [0.25, 0.3) is 5.70 Å². The van der Waals surface area contributed by atoms with Crippen molar-refractivity contribution in [2.45, 2.75) is 25.7 Å². The van der Waals surface area contributed by atoms with Crippen molar-refractivity contribution in [1.82, 2.24) is 21.0 Å². The number of hydrogen-bond acceptors (Lipinski definition) is 7. The Kier molecular flexibility index (Phi) is 4.34. The van der Waals surface area contributed by atoms with Crippen molar-refractivity contribution in [1.29, 1.82) is 0 Å². The predicted octanol–water partition coefficient (Wildman–Crippen LogP) is 2.93. The number of anilines is 2. The second-order valence-electron chi connectivity index (χ2n) is 8.50. The summed E-state index contributed by atoms with van der Waals surface area (Å²) in [7, 11) is 0. The number of aromatic amines is 1. The first-order valence-electron chi connectivity index (χ1n) is 10.8. The number of H-pyrrole nitrogens is 1. The maximum atomic E-state index is 11.5. The molecule has 1 aromatic carbocycles. The lowest BCUT2D eigenvalue weighted by Gasteiger charge is -2.30. The number of nitrogens with one attached hydrogen (secondary N) is 5. The summed E-state index contributed by atoms with van der Waals surface area (Å²) in [5, 5.41) is 8.38. The zero-order chi connectivity index (χ0) is 20.8. The van der Waals surface area contributed by atoms with Gasteiger partial charge in [0.25, 0.3) is 5.91 Å². The van der Waals surface area contributed by atoms with Crippen LogP contribution in [0.2, 0.25) is 0 Å². The van der Waals surface area contributed by atoms with Crippen LogP contribution in [0.3, 0.4) is 0 Å². The molecule has 1 amide bonds. The van der Waals surface area contributed by atoms with E-state index in [1.54, 1.807) is 0 Å². The Morgan fingerprint density at radius 1 is 1.19 bits per heavy atom. The minimum Gasteiger partial charge on any atom is -0.482 e. The lowest BCUT2D eigenvalue weighted by molar-refractivity contribution is -0.118. The highest BCUT2D eigenvalue weighted by atomic mass is 16.5. The third-order valence-electron chi connectivity index (χ3n) is 6.55. The number of amides is 1. The zero-order valence-corrected chi connectivity index (χ0v) is 17.1. The van der Waals surface area contributed by atoms with Gasteiger partial charge in [0.2, 0.25) is 0 Å². The van der Waals surface area contributed by atoms with Crippen LogP contribution >= 0.6 is 0 Å². The summed E-state index contributed by atoms with van der Waals surface area (Å²) in [4.78, 5) is 19.2. The Labute approximate surface area is 179 Å². The second-order valence-corrected chi connectivity index (χ2v) is 8.50. The fourth-order valence-electron chi connectivity index (χ4n) is 4.91. The van der Waals surface area contributed by atoms with Gasteiger partial charge < -0.3 is 25.8 Å². The molecule has 1 fully saturated rings. The van der Waals surface area contributed by atoms with E-state index in [0.29, 0.717) is 11.8 Å². The number of aliphatic imine (C=N–C) groups is 1. The Morgan fingerprint density at radius 2 is 2.10 bits per heavy atom. The summed E-state index contributed by atoms with van der Waals surface area (Å²) in [6.45, 7) is 1.01. The van der Waals surface area contributed by atoms with Crippen molar-refractivity contribution in [3.05, 3.63) is 41.7 Å². The van der Waals surface area contributed by atoms with Crippen molar-refractivity contribution in [2.24, 2.45) is 16.8 Å². The largest absolute Gasteiger partial charge is 0.482 e. The Hall–Kier alpha value is -3.46. The van der Waals surface area contributed by atoms with Crippen LogP contribution in [-0.2, 0) is 4.79 Å². The molecule has 0 atom stereocenters. The number of hydrogen-bond donors (Lipinski definition) is 5. The molecule has 2 aromatic rings. The van der Waals surface area contributed by atoms with Crippen molar-refractivity contribution in [3.8, 4) is 5.75 Å². The molecule has 5 N–H and O–H groups in total. The van der Waals surface area contributed by atoms with Gasteiger partial charge >= 0.3 is 0 Å². The molecule has 9 nitrogen and oxygen atoms in total. The van der Waals surface area contributed by atoms with Gasteiger partial charge in [0.15, 0.2) is 6.61 Å².